The van der Waals surface area contributed by atoms with E-state index in [0.717, 1.165) is 90.5 Å². The van der Waals surface area contributed by atoms with Crippen LogP contribution in [0.2, 0.25) is 0 Å². The van der Waals surface area contributed by atoms with Crippen LogP contribution in [0.4, 0.5) is 68.2 Å². The highest BCUT2D eigenvalue weighted by Crippen LogP contribution is 2.54. The van der Waals surface area contributed by atoms with Gasteiger partial charge in [-0.2, -0.15) is 0 Å². The molecule has 0 N–H and O–H groups in total. The van der Waals surface area contributed by atoms with Crippen molar-refractivity contribution in [1.29, 1.82) is 0 Å². The highest BCUT2D eigenvalue weighted by molar-refractivity contribution is 7.27. The summed E-state index contributed by atoms with van der Waals surface area (Å²) in [5.41, 5.74) is 22.2. The van der Waals surface area contributed by atoms with Gasteiger partial charge >= 0.3 is 0 Å². The van der Waals surface area contributed by atoms with Gasteiger partial charge in [-0.1, -0.05) is 208 Å². The van der Waals surface area contributed by atoms with Gasteiger partial charge in [0.2, 0.25) is 0 Å². The molecule has 4 aromatic heterocycles. The lowest BCUT2D eigenvalue weighted by molar-refractivity contribution is 0.661. The fourth-order valence-corrected chi connectivity index (χ4v) is 21.2. The maximum absolute atomic E-state index is 2.50. The number of hydrogen-bond donors (Lipinski definition) is 0. The van der Waals surface area contributed by atoms with Crippen molar-refractivity contribution in [2.75, 3.05) is 19.6 Å². The third-order valence-corrected chi connectivity index (χ3v) is 26.3. The topological polar surface area (TPSA) is 13.0 Å². The first kappa shape index (κ1) is 63.1. The van der Waals surface area contributed by atoms with Gasteiger partial charge in [-0.3, -0.25) is 0 Å². The molecule has 4 nitrogen and oxygen atoms in total. The molecule has 0 aliphatic heterocycles. The summed E-state index contributed by atoms with van der Waals surface area (Å²) >= 11 is 7.43. The van der Waals surface area contributed by atoms with E-state index in [-0.39, 0.29) is 0 Å². The van der Waals surface area contributed by atoms with Crippen LogP contribution in [0.5, 0.6) is 0 Å². The van der Waals surface area contributed by atoms with E-state index >= 15 is 0 Å². The van der Waals surface area contributed by atoms with Crippen LogP contribution in [0.15, 0.2) is 364 Å². The molecule has 506 valence electrons. The minimum atomic E-state index is -0.394. The van der Waals surface area contributed by atoms with Crippen LogP contribution in [0.3, 0.4) is 0 Å². The molecule has 4 heterocycles. The van der Waals surface area contributed by atoms with Crippen LogP contribution >= 0.6 is 45.3 Å². The second kappa shape index (κ2) is 25.4. The second-order valence-electron chi connectivity index (χ2n) is 28.4. The van der Waals surface area contributed by atoms with Crippen molar-refractivity contribution in [3.63, 3.8) is 0 Å². The van der Waals surface area contributed by atoms with E-state index in [0.29, 0.717) is 0 Å². The van der Waals surface area contributed by atoms with Gasteiger partial charge in [0, 0.05) is 154 Å². The summed E-state index contributed by atoms with van der Waals surface area (Å²) in [5.74, 6) is 0. The molecule has 0 amide bonds. The van der Waals surface area contributed by atoms with Crippen molar-refractivity contribution in [3.05, 3.63) is 375 Å². The summed E-state index contributed by atoms with van der Waals surface area (Å²) in [5, 5.41) is 10.2. The Bertz CT molecular complexity index is 6130. The maximum atomic E-state index is 2.50. The number of nitrogens with zero attached hydrogens (tertiary/aromatic N) is 4. The van der Waals surface area contributed by atoms with E-state index in [4.69, 9.17) is 0 Å². The molecule has 107 heavy (non-hydrogen) atoms. The van der Waals surface area contributed by atoms with Crippen molar-refractivity contribution >= 4 is 194 Å². The van der Waals surface area contributed by atoms with Crippen molar-refractivity contribution in [2.45, 2.75) is 19.3 Å². The molecule has 0 radical (unpaired) electrons. The van der Waals surface area contributed by atoms with Crippen LogP contribution in [-0.2, 0) is 5.41 Å². The Labute approximate surface area is 636 Å². The largest absolute Gasteiger partial charge is 0.310 e. The molecule has 0 fully saturated rings. The van der Waals surface area contributed by atoms with E-state index in [1.54, 1.807) is 0 Å². The lowest BCUT2D eigenvalue weighted by atomic mass is 9.80. The minimum Gasteiger partial charge on any atom is -0.310 e. The highest BCUT2D eigenvalue weighted by Gasteiger charge is 2.37. The first-order valence-electron chi connectivity index (χ1n) is 36.4. The van der Waals surface area contributed by atoms with Gasteiger partial charge in [-0.25, -0.2) is 0 Å². The minimum absolute atomic E-state index is 0.394. The Morgan fingerprint density at radius 3 is 0.692 bits per heavy atom. The van der Waals surface area contributed by atoms with Crippen LogP contribution in [-0.4, -0.2) is 0 Å². The summed E-state index contributed by atoms with van der Waals surface area (Å²) in [6.07, 6.45) is 0. The zero-order chi connectivity index (χ0) is 70.8. The average molecular weight is 1440 g/mol. The molecular weight excluding hydrogens is 1370 g/mol. The van der Waals surface area contributed by atoms with Crippen molar-refractivity contribution in [1.82, 2.24) is 0 Å². The van der Waals surface area contributed by atoms with E-state index in [9.17, 15) is 0 Å². The fraction of sp³-hybridized carbons (Fsp3) is 0.0303. The zero-order valence-electron chi connectivity index (χ0n) is 58.6. The van der Waals surface area contributed by atoms with E-state index < -0.39 is 5.41 Å². The Balaban J connectivity index is 0.732. The number of rotatable bonds is 14. The summed E-state index contributed by atoms with van der Waals surface area (Å²) in [6.45, 7) is 4.86. The van der Waals surface area contributed by atoms with Crippen molar-refractivity contribution < 1.29 is 0 Å². The van der Waals surface area contributed by atoms with E-state index in [1.807, 2.05) is 45.3 Å². The standard InChI is InChI=1S/C99H66N4S4/c1-99(2)89-55-63(65-51-75(100(67-23-7-3-8-24-67)71-41-47-85-81-31-15-19-35-91(81)104-95(85)59-71)57-76(52-65)101(68-25-9-4-10-26-68)72-42-48-86-82-32-16-20-36-92(82)105-96(86)60-72)39-45-79(89)80-46-40-64(56-90(80)99)66-53-77(102(69-27-11-5-12-28-69)73-43-49-87-83-33-17-21-37-93(83)106-97(87)61-73)58-78(54-66)103(70-29-13-6-14-30-70)74-44-50-88-84-34-18-22-38-94(84)107-98(88)62-74/h3-62H,1-2H3. The van der Waals surface area contributed by atoms with Gasteiger partial charge in [-0.15, -0.1) is 45.3 Å². The average Bonchev–Trinajstić information content (AvgIpc) is 1.59. The maximum Gasteiger partial charge on any atom is 0.0488 e. The van der Waals surface area contributed by atoms with Gasteiger partial charge in [0.1, 0.15) is 0 Å². The van der Waals surface area contributed by atoms with Crippen LogP contribution < -0.4 is 19.6 Å². The number of para-hydroxylation sites is 4. The van der Waals surface area contributed by atoms with E-state index in [1.165, 1.54) is 103 Å². The fourth-order valence-electron chi connectivity index (χ4n) is 16.6. The monoisotopic (exact) mass is 1440 g/mol. The molecule has 20 aromatic rings. The van der Waals surface area contributed by atoms with Crippen LogP contribution in [0.1, 0.15) is 25.0 Å². The van der Waals surface area contributed by atoms with Crippen LogP contribution in [0, 0.1) is 0 Å². The third kappa shape index (κ3) is 10.8. The molecule has 16 aromatic carbocycles. The summed E-state index contributed by atoms with van der Waals surface area (Å²) in [6, 6.07) is 136. The summed E-state index contributed by atoms with van der Waals surface area (Å²) in [7, 11) is 0. The molecular formula is C99H66N4S4. The first-order valence-corrected chi connectivity index (χ1v) is 39.7. The smallest absolute Gasteiger partial charge is 0.0488 e. The molecule has 0 saturated heterocycles. The highest BCUT2D eigenvalue weighted by atomic mass is 32.1. The zero-order valence-corrected chi connectivity index (χ0v) is 61.8. The van der Waals surface area contributed by atoms with E-state index in [2.05, 4.69) is 397 Å². The molecule has 0 spiro atoms. The number of anilines is 12. The van der Waals surface area contributed by atoms with Crippen molar-refractivity contribution in [3.8, 4) is 33.4 Å². The Morgan fingerprint density at radius 1 is 0.178 bits per heavy atom. The molecule has 0 atom stereocenters. The number of thiophene rings is 4. The number of fused-ring (bicyclic) bond motifs is 15. The summed E-state index contributed by atoms with van der Waals surface area (Å²) < 4.78 is 10.2. The third-order valence-electron chi connectivity index (χ3n) is 21.7. The molecule has 21 rings (SSSR count). The predicted octanol–water partition coefficient (Wildman–Crippen LogP) is 30.7. The van der Waals surface area contributed by atoms with Gasteiger partial charge < -0.3 is 19.6 Å². The van der Waals surface area contributed by atoms with Gasteiger partial charge in [0.05, 0.1) is 0 Å². The van der Waals surface area contributed by atoms with Crippen LogP contribution in [0.25, 0.3) is 114 Å². The Morgan fingerprint density at radius 2 is 0.421 bits per heavy atom. The van der Waals surface area contributed by atoms with Gasteiger partial charge in [-0.05, 0) is 214 Å². The van der Waals surface area contributed by atoms with Crippen molar-refractivity contribution in [2.24, 2.45) is 0 Å². The normalized spacial score (nSPS) is 12.5. The SMILES string of the molecule is CC1(C)c2cc(-c3cc(N(c4ccccc4)c4ccc5c(c4)sc4ccccc45)cc(N(c4ccccc4)c4ccc5c(c4)sc4ccccc45)c3)ccc2-c2ccc(-c3cc(N(c4ccccc4)c4ccc5c(c4)sc4ccccc45)cc(N(c4ccccc4)c4ccc5c(c4)sc4ccccc45)c3)cc21. The number of hydrogen-bond acceptors (Lipinski definition) is 8. The first-order chi connectivity index (χ1) is 52.7. The number of benzene rings is 16. The lowest BCUT2D eigenvalue weighted by Gasteiger charge is -2.30. The quantitative estimate of drug-likeness (QED) is 0.108. The molecule has 0 saturated carbocycles. The molecule has 8 heteroatoms. The summed E-state index contributed by atoms with van der Waals surface area (Å²) in [4.78, 5) is 9.82. The predicted molar refractivity (Wildman–Crippen MR) is 465 cm³/mol. The molecule has 1 aliphatic carbocycles. The Hall–Kier alpha value is -12.4. The molecule has 0 unspecified atom stereocenters. The Kier molecular flexibility index (Phi) is 15.0. The second-order valence-corrected chi connectivity index (χ2v) is 32.8. The molecule has 1 aliphatic rings. The molecule has 0 bridgehead atoms. The van der Waals surface area contributed by atoms with Gasteiger partial charge in [0.15, 0.2) is 0 Å². The lowest BCUT2D eigenvalue weighted by Crippen LogP contribution is -2.15. The van der Waals surface area contributed by atoms with Gasteiger partial charge in [0.25, 0.3) is 0 Å².